The number of imidazole rings is 1. The van der Waals surface area contributed by atoms with Gasteiger partial charge in [0.1, 0.15) is 17.9 Å². The molecule has 1 aliphatic rings. The Hall–Kier alpha value is -2.18. The molecule has 4 nitrogen and oxygen atoms in total. The second-order valence-electron chi connectivity index (χ2n) is 7.19. The fraction of sp³-hybridized carbons (Fsp3) is 0.381. The number of aromatic nitrogens is 2. The molecule has 1 saturated heterocycles. The molecule has 2 heterocycles. The molecule has 0 atom stereocenters. The van der Waals surface area contributed by atoms with E-state index in [9.17, 15) is 4.39 Å². The molecule has 1 aliphatic heterocycles. The van der Waals surface area contributed by atoms with E-state index >= 15 is 0 Å². The highest BCUT2D eigenvalue weighted by Gasteiger charge is 2.19. The minimum atomic E-state index is -0.163. The molecule has 142 valence electrons. The molecule has 0 amide bonds. The molecule has 6 heteroatoms. The Morgan fingerprint density at radius 1 is 1.07 bits per heavy atom. The Morgan fingerprint density at radius 3 is 2.59 bits per heavy atom. The maximum absolute atomic E-state index is 13.0. The van der Waals surface area contributed by atoms with E-state index in [2.05, 4.69) is 9.88 Å². The number of piperidine rings is 1. The summed E-state index contributed by atoms with van der Waals surface area (Å²) in [4.78, 5) is 11.5. The van der Waals surface area contributed by atoms with Gasteiger partial charge in [-0.15, -0.1) is 0 Å². The van der Waals surface area contributed by atoms with Crippen molar-refractivity contribution in [3.63, 3.8) is 0 Å². The second-order valence-corrected chi connectivity index (χ2v) is 7.58. The number of H-pyrrole nitrogens is 1. The zero-order valence-electron chi connectivity index (χ0n) is 15.2. The monoisotopic (exact) mass is 385 g/mol. The van der Waals surface area contributed by atoms with Gasteiger partial charge in [-0.3, -0.25) is 4.90 Å². The van der Waals surface area contributed by atoms with Gasteiger partial charge in [0, 0.05) is 6.54 Å². The molecule has 1 N–H and O–H groups in total. The van der Waals surface area contributed by atoms with Crippen LogP contribution in [0.2, 0.25) is 0 Å². The Labute approximate surface area is 163 Å². The smallest absolute Gasteiger partial charge is 0.212 e. The van der Waals surface area contributed by atoms with E-state index in [-0.39, 0.29) is 5.82 Å². The first-order valence-electron chi connectivity index (χ1n) is 9.49. The van der Waals surface area contributed by atoms with Crippen LogP contribution in [0.15, 0.2) is 48.5 Å². The van der Waals surface area contributed by atoms with E-state index in [1.54, 1.807) is 16.9 Å². The second kappa shape index (κ2) is 8.23. The predicted molar refractivity (Wildman–Crippen MR) is 108 cm³/mol. The van der Waals surface area contributed by atoms with Crippen molar-refractivity contribution in [2.45, 2.75) is 19.3 Å². The van der Waals surface area contributed by atoms with Gasteiger partial charge in [0.25, 0.3) is 0 Å². The standard InChI is InChI=1S/C21H24FN3OS/c22-18-7-5-16(6-8-18)15-17-9-11-24(12-10-17)13-14-26-25-20-4-2-1-3-19(20)23-21(25)27/h1-8,17H,9-15H2,(H,23,27). The number of nitrogens with one attached hydrogen (secondary N) is 1. The summed E-state index contributed by atoms with van der Waals surface area (Å²) in [6.07, 6.45) is 3.38. The number of halogens is 1. The minimum Gasteiger partial charge on any atom is -0.410 e. The lowest BCUT2D eigenvalue weighted by atomic mass is 9.90. The van der Waals surface area contributed by atoms with Crippen molar-refractivity contribution in [2.24, 2.45) is 5.92 Å². The number of hydrogen-bond acceptors (Lipinski definition) is 3. The van der Waals surface area contributed by atoms with Crippen molar-refractivity contribution in [2.75, 3.05) is 26.2 Å². The molecular weight excluding hydrogens is 361 g/mol. The summed E-state index contributed by atoms with van der Waals surface area (Å²) in [6.45, 7) is 3.66. The van der Waals surface area contributed by atoms with E-state index in [1.165, 1.54) is 18.4 Å². The number of nitrogens with zero attached hydrogens (tertiary/aromatic N) is 2. The highest BCUT2D eigenvalue weighted by Crippen LogP contribution is 2.21. The lowest BCUT2D eigenvalue weighted by Crippen LogP contribution is -2.37. The highest BCUT2D eigenvalue weighted by molar-refractivity contribution is 7.71. The van der Waals surface area contributed by atoms with Crippen LogP contribution in [0.25, 0.3) is 11.0 Å². The zero-order chi connectivity index (χ0) is 18.6. The first kappa shape index (κ1) is 18.2. The predicted octanol–water partition coefficient (Wildman–Crippen LogP) is 4.22. The van der Waals surface area contributed by atoms with E-state index in [4.69, 9.17) is 17.1 Å². The van der Waals surface area contributed by atoms with Crippen molar-refractivity contribution < 1.29 is 9.23 Å². The summed E-state index contributed by atoms with van der Waals surface area (Å²) in [5.74, 6) is 0.513. The number of likely N-dealkylation sites (tertiary alicyclic amines) is 1. The Balaban J connectivity index is 1.24. The fourth-order valence-electron chi connectivity index (χ4n) is 3.79. The molecule has 3 aromatic rings. The largest absolute Gasteiger partial charge is 0.410 e. The van der Waals surface area contributed by atoms with Gasteiger partial charge in [0.2, 0.25) is 4.77 Å². The third-order valence-electron chi connectivity index (χ3n) is 5.32. The van der Waals surface area contributed by atoms with Gasteiger partial charge >= 0.3 is 0 Å². The first-order chi connectivity index (χ1) is 13.2. The van der Waals surface area contributed by atoms with Crippen molar-refractivity contribution in [1.29, 1.82) is 0 Å². The number of hydrogen-bond donors (Lipinski definition) is 1. The van der Waals surface area contributed by atoms with Crippen LogP contribution < -0.4 is 4.84 Å². The summed E-state index contributed by atoms with van der Waals surface area (Å²) < 4.78 is 15.3. The maximum atomic E-state index is 13.0. The van der Waals surface area contributed by atoms with Crippen LogP contribution in [0.4, 0.5) is 4.39 Å². The van der Waals surface area contributed by atoms with Crippen LogP contribution in [0.1, 0.15) is 18.4 Å². The molecule has 0 bridgehead atoms. The molecule has 1 fully saturated rings. The average Bonchev–Trinajstić information content (AvgIpc) is 3.00. The van der Waals surface area contributed by atoms with Gasteiger partial charge < -0.3 is 9.82 Å². The van der Waals surface area contributed by atoms with Gasteiger partial charge in [-0.2, -0.15) is 4.73 Å². The van der Waals surface area contributed by atoms with Crippen LogP contribution in [0.5, 0.6) is 0 Å². The van der Waals surface area contributed by atoms with Gasteiger partial charge in [-0.25, -0.2) is 4.39 Å². The zero-order valence-corrected chi connectivity index (χ0v) is 16.1. The summed E-state index contributed by atoms with van der Waals surface area (Å²) in [7, 11) is 0. The van der Waals surface area contributed by atoms with Crippen molar-refractivity contribution in [1.82, 2.24) is 14.6 Å². The summed E-state index contributed by atoms with van der Waals surface area (Å²) in [5.41, 5.74) is 3.19. The molecule has 0 aliphatic carbocycles. The highest BCUT2D eigenvalue weighted by atomic mass is 32.1. The molecular formula is C21H24FN3OS. The molecule has 2 aromatic carbocycles. The Kier molecular flexibility index (Phi) is 5.55. The first-order valence-corrected chi connectivity index (χ1v) is 9.90. The number of benzene rings is 2. The van der Waals surface area contributed by atoms with Crippen LogP contribution >= 0.6 is 12.2 Å². The fourth-order valence-corrected chi connectivity index (χ4v) is 4.05. The van der Waals surface area contributed by atoms with E-state index in [0.29, 0.717) is 17.3 Å². The topological polar surface area (TPSA) is 33.2 Å². The van der Waals surface area contributed by atoms with Gasteiger partial charge in [0.15, 0.2) is 0 Å². The van der Waals surface area contributed by atoms with Crippen molar-refractivity contribution in [3.8, 4) is 0 Å². The van der Waals surface area contributed by atoms with Crippen LogP contribution in [-0.2, 0) is 6.42 Å². The number of para-hydroxylation sites is 2. The lowest BCUT2D eigenvalue weighted by Gasteiger charge is -2.31. The van der Waals surface area contributed by atoms with E-state index in [0.717, 1.165) is 37.1 Å². The number of aromatic amines is 1. The normalized spacial score (nSPS) is 16.0. The molecule has 27 heavy (non-hydrogen) atoms. The Bertz CT molecular complexity index is 942. The molecule has 0 spiro atoms. The third-order valence-corrected chi connectivity index (χ3v) is 5.59. The molecule has 0 radical (unpaired) electrons. The third kappa shape index (κ3) is 4.39. The van der Waals surface area contributed by atoms with Crippen LogP contribution in [0, 0.1) is 16.5 Å². The van der Waals surface area contributed by atoms with Gasteiger partial charge in [0.05, 0.1) is 5.52 Å². The van der Waals surface area contributed by atoms with Gasteiger partial charge in [-0.05, 0) is 80.3 Å². The van der Waals surface area contributed by atoms with Crippen LogP contribution in [0.3, 0.4) is 0 Å². The van der Waals surface area contributed by atoms with Crippen molar-refractivity contribution in [3.05, 3.63) is 64.7 Å². The number of fused-ring (bicyclic) bond motifs is 1. The molecule has 0 saturated carbocycles. The minimum absolute atomic E-state index is 0.163. The van der Waals surface area contributed by atoms with E-state index in [1.807, 2.05) is 36.4 Å². The number of rotatable bonds is 6. The molecule has 0 unspecified atom stereocenters. The Morgan fingerprint density at radius 2 is 1.81 bits per heavy atom. The summed E-state index contributed by atoms with van der Waals surface area (Å²) >= 11 is 5.35. The molecule has 4 rings (SSSR count). The SMILES string of the molecule is Fc1ccc(CC2CCN(CCOn3c(=S)[nH]c4ccccc43)CC2)cc1. The van der Waals surface area contributed by atoms with Crippen molar-refractivity contribution >= 4 is 23.3 Å². The van der Waals surface area contributed by atoms with Gasteiger partial charge in [-0.1, -0.05) is 24.3 Å². The van der Waals surface area contributed by atoms with E-state index < -0.39 is 0 Å². The lowest BCUT2D eigenvalue weighted by molar-refractivity contribution is 0.0780. The van der Waals surface area contributed by atoms with Crippen LogP contribution in [-0.4, -0.2) is 40.9 Å². The maximum Gasteiger partial charge on any atom is 0.212 e. The summed E-state index contributed by atoms with van der Waals surface area (Å²) in [5, 5.41) is 0. The summed E-state index contributed by atoms with van der Waals surface area (Å²) in [6, 6.07) is 14.9. The quantitative estimate of drug-likeness (QED) is 0.645. The molecule has 1 aromatic heterocycles. The average molecular weight is 386 g/mol.